The van der Waals surface area contributed by atoms with Gasteiger partial charge in [-0.25, -0.2) is 4.98 Å². The Morgan fingerprint density at radius 1 is 1.32 bits per heavy atom. The summed E-state index contributed by atoms with van der Waals surface area (Å²) >= 11 is 2.08. The summed E-state index contributed by atoms with van der Waals surface area (Å²) < 4.78 is 2.84. The molecule has 1 amide bonds. The number of para-hydroxylation sites is 2. The molecule has 0 bridgehead atoms. The normalized spacial score (nSPS) is 11.4. The number of benzene rings is 1. The molecule has 0 saturated heterocycles. The zero-order valence-electron chi connectivity index (χ0n) is 14.3. The molecule has 0 spiro atoms. The lowest BCUT2D eigenvalue weighted by Crippen LogP contribution is -2.27. The van der Waals surface area contributed by atoms with Crippen molar-refractivity contribution in [2.45, 2.75) is 20.4 Å². The van der Waals surface area contributed by atoms with E-state index in [2.05, 4.69) is 66.4 Å². The highest BCUT2D eigenvalue weighted by molar-refractivity contribution is 14.1. The van der Waals surface area contributed by atoms with Crippen LogP contribution >= 0.6 is 22.6 Å². The molecule has 1 aromatic carbocycles. The predicted molar refractivity (Wildman–Crippen MR) is 107 cm³/mol. The Morgan fingerprint density at radius 3 is 2.76 bits per heavy atom. The topological polar surface area (TPSA) is 78.8 Å². The molecule has 0 saturated carbocycles. The van der Waals surface area contributed by atoms with Gasteiger partial charge in [0.1, 0.15) is 5.69 Å². The molecular weight excluding hydrogens is 431 g/mol. The van der Waals surface area contributed by atoms with Crippen LogP contribution in [0.5, 0.6) is 0 Å². The maximum Gasteiger partial charge on any atom is 0.277 e. The molecule has 0 aliphatic heterocycles. The average molecular weight is 452 g/mol. The Kier molecular flexibility index (Phi) is 5.69. The lowest BCUT2D eigenvalue weighted by atomic mass is 10.3. The van der Waals surface area contributed by atoms with Crippen LogP contribution in [0.25, 0.3) is 11.0 Å². The number of imidazole rings is 1. The highest BCUT2D eigenvalue weighted by Gasteiger charge is 2.17. The number of halogens is 1. The maximum atomic E-state index is 12.5. The molecule has 3 rings (SSSR count). The summed E-state index contributed by atoms with van der Waals surface area (Å²) in [7, 11) is 0. The summed E-state index contributed by atoms with van der Waals surface area (Å²) in [5.74, 6) is 0.324. The van der Waals surface area contributed by atoms with Gasteiger partial charge < -0.3 is 9.47 Å². The minimum atomic E-state index is -0.235. The highest BCUT2D eigenvalue weighted by atomic mass is 127. The Morgan fingerprint density at radius 2 is 2.08 bits per heavy atom. The van der Waals surface area contributed by atoms with Crippen molar-refractivity contribution in [1.82, 2.24) is 24.6 Å². The lowest BCUT2D eigenvalue weighted by Gasteiger charge is -2.19. The van der Waals surface area contributed by atoms with E-state index in [1.165, 1.54) is 0 Å². The fourth-order valence-electron chi connectivity index (χ4n) is 2.77. The van der Waals surface area contributed by atoms with Crippen LogP contribution in [-0.4, -0.2) is 50.2 Å². The van der Waals surface area contributed by atoms with Crippen LogP contribution in [0.15, 0.2) is 30.5 Å². The van der Waals surface area contributed by atoms with Gasteiger partial charge in [-0.3, -0.25) is 15.2 Å². The molecule has 0 unspecified atom stereocenters. The molecule has 0 radical (unpaired) electrons. The smallest absolute Gasteiger partial charge is 0.277 e. The molecule has 132 valence electrons. The van der Waals surface area contributed by atoms with Crippen LogP contribution in [0.3, 0.4) is 0 Å². The molecule has 0 aliphatic rings. The number of aromatic nitrogens is 4. The third kappa shape index (κ3) is 3.84. The summed E-state index contributed by atoms with van der Waals surface area (Å²) in [6.07, 6.45) is 1.62. The lowest BCUT2D eigenvalue weighted by molar-refractivity contribution is 0.102. The van der Waals surface area contributed by atoms with Crippen LogP contribution in [0, 0.1) is 3.57 Å². The summed E-state index contributed by atoms with van der Waals surface area (Å²) in [5.41, 5.74) is 2.34. The predicted octanol–water partition coefficient (Wildman–Crippen LogP) is 2.96. The van der Waals surface area contributed by atoms with E-state index in [0.29, 0.717) is 11.6 Å². The van der Waals surface area contributed by atoms with Gasteiger partial charge in [-0.15, -0.1) is 0 Å². The van der Waals surface area contributed by atoms with Crippen molar-refractivity contribution in [3.8, 4) is 0 Å². The first-order valence-corrected chi connectivity index (χ1v) is 9.39. The third-order valence-electron chi connectivity index (χ3n) is 4.23. The van der Waals surface area contributed by atoms with Gasteiger partial charge in [0.2, 0.25) is 5.95 Å². The van der Waals surface area contributed by atoms with Gasteiger partial charge in [0.15, 0.2) is 0 Å². The van der Waals surface area contributed by atoms with Crippen molar-refractivity contribution in [1.29, 1.82) is 0 Å². The molecule has 2 aromatic heterocycles. The van der Waals surface area contributed by atoms with Gasteiger partial charge >= 0.3 is 0 Å². The summed E-state index contributed by atoms with van der Waals surface area (Å²) in [6.45, 7) is 7.96. The third-order valence-corrected chi connectivity index (χ3v) is 5.05. The van der Waals surface area contributed by atoms with Crippen molar-refractivity contribution in [2.24, 2.45) is 0 Å². The van der Waals surface area contributed by atoms with E-state index in [4.69, 9.17) is 0 Å². The average Bonchev–Trinajstić information content (AvgIpc) is 3.19. The molecular formula is C17H21IN6O. The Labute approximate surface area is 159 Å². The number of aromatic amines is 1. The van der Waals surface area contributed by atoms with Crippen LogP contribution in [-0.2, 0) is 6.54 Å². The van der Waals surface area contributed by atoms with Crippen molar-refractivity contribution < 1.29 is 4.79 Å². The summed E-state index contributed by atoms with van der Waals surface area (Å²) in [4.78, 5) is 19.5. The van der Waals surface area contributed by atoms with Gasteiger partial charge in [-0.05, 0) is 47.8 Å². The molecule has 0 atom stereocenters. The summed E-state index contributed by atoms with van der Waals surface area (Å²) in [5, 5.41) is 9.56. The second-order valence-corrected chi connectivity index (χ2v) is 6.81. The van der Waals surface area contributed by atoms with Crippen molar-refractivity contribution in [3.05, 3.63) is 39.7 Å². The molecule has 8 heteroatoms. The van der Waals surface area contributed by atoms with Crippen molar-refractivity contribution in [3.63, 3.8) is 0 Å². The van der Waals surface area contributed by atoms with Gasteiger partial charge in [-0.1, -0.05) is 26.0 Å². The number of fused-ring (bicyclic) bond motifs is 1. The second-order valence-electron chi connectivity index (χ2n) is 5.65. The molecule has 2 N–H and O–H groups in total. The SMILES string of the molecule is CCN(CC)CCn1c(NC(=O)c2[nH]ncc2I)nc2ccccc21. The van der Waals surface area contributed by atoms with E-state index < -0.39 is 0 Å². The minimum absolute atomic E-state index is 0.235. The first-order chi connectivity index (χ1) is 12.1. The number of anilines is 1. The van der Waals surface area contributed by atoms with Crippen molar-refractivity contribution in [2.75, 3.05) is 25.0 Å². The van der Waals surface area contributed by atoms with E-state index in [9.17, 15) is 4.79 Å². The van der Waals surface area contributed by atoms with E-state index in [0.717, 1.165) is 40.8 Å². The van der Waals surface area contributed by atoms with Gasteiger partial charge in [0, 0.05) is 13.1 Å². The quantitative estimate of drug-likeness (QED) is 0.541. The van der Waals surface area contributed by atoms with Gasteiger partial charge in [0.05, 0.1) is 20.8 Å². The van der Waals surface area contributed by atoms with E-state index in [1.807, 2.05) is 24.3 Å². The fraction of sp³-hybridized carbons (Fsp3) is 0.353. The monoisotopic (exact) mass is 452 g/mol. The van der Waals surface area contributed by atoms with E-state index in [1.54, 1.807) is 6.20 Å². The van der Waals surface area contributed by atoms with Gasteiger partial charge in [0.25, 0.3) is 5.91 Å². The van der Waals surface area contributed by atoms with E-state index >= 15 is 0 Å². The number of carbonyl (C=O) groups is 1. The Bertz CT molecular complexity index is 867. The Balaban J connectivity index is 1.89. The molecule has 0 fully saturated rings. The highest BCUT2D eigenvalue weighted by Crippen LogP contribution is 2.20. The Hall–Kier alpha value is -1.94. The molecule has 25 heavy (non-hydrogen) atoms. The molecule has 0 aliphatic carbocycles. The van der Waals surface area contributed by atoms with Gasteiger partial charge in [-0.2, -0.15) is 5.10 Å². The number of nitrogens with one attached hydrogen (secondary N) is 2. The first kappa shape index (κ1) is 17.9. The zero-order chi connectivity index (χ0) is 17.8. The van der Waals surface area contributed by atoms with Crippen LogP contribution in [0.2, 0.25) is 0 Å². The molecule has 7 nitrogen and oxygen atoms in total. The number of hydrogen-bond acceptors (Lipinski definition) is 4. The van der Waals surface area contributed by atoms with Crippen LogP contribution in [0.1, 0.15) is 24.3 Å². The first-order valence-electron chi connectivity index (χ1n) is 8.31. The number of rotatable bonds is 7. The number of carbonyl (C=O) groups excluding carboxylic acids is 1. The number of amides is 1. The minimum Gasteiger partial charge on any atom is -0.309 e. The number of nitrogens with zero attached hydrogens (tertiary/aromatic N) is 4. The van der Waals surface area contributed by atoms with Crippen LogP contribution in [0.4, 0.5) is 5.95 Å². The second kappa shape index (κ2) is 7.96. The molecule has 2 heterocycles. The molecule has 3 aromatic rings. The standard InChI is InChI=1S/C17H21IN6O/c1-3-23(4-2)9-10-24-14-8-6-5-7-13(14)20-17(24)21-16(25)15-12(18)11-19-22-15/h5-8,11H,3-4,9-10H2,1-2H3,(H,19,22)(H,20,21,25). The van der Waals surface area contributed by atoms with E-state index in [-0.39, 0.29) is 5.91 Å². The largest absolute Gasteiger partial charge is 0.309 e. The number of H-pyrrole nitrogens is 1. The zero-order valence-corrected chi connectivity index (χ0v) is 16.4. The van der Waals surface area contributed by atoms with Crippen molar-refractivity contribution >= 4 is 45.5 Å². The number of hydrogen-bond donors (Lipinski definition) is 2. The number of likely N-dealkylation sites (N-methyl/N-ethyl adjacent to an activating group) is 1. The maximum absolute atomic E-state index is 12.5. The van der Waals surface area contributed by atoms with Crippen LogP contribution < -0.4 is 5.32 Å². The fourth-order valence-corrected chi connectivity index (χ4v) is 3.28. The summed E-state index contributed by atoms with van der Waals surface area (Å²) in [6, 6.07) is 7.92.